The average Bonchev–Trinajstić information content (AvgIpc) is 3.40. The van der Waals surface area contributed by atoms with Gasteiger partial charge in [-0.05, 0) is 71.1 Å². The summed E-state index contributed by atoms with van der Waals surface area (Å²) in [5.74, 6) is 0. The smallest absolute Gasteiger partial charge is 0.0561 e. The van der Waals surface area contributed by atoms with Crippen molar-refractivity contribution in [2.75, 3.05) is 4.90 Å². The molecule has 0 radical (unpaired) electrons. The lowest BCUT2D eigenvalue weighted by Gasteiger charge is -2.28. The molecule has 8 rings (SSSR count). The lowest BCUT2D eigenvalue weighted by Crippen LogP contribution is -2.10. The van der Waals surface area contributed by atoms with Crippen LogP contribution in [0.15, 0.2) is 168 Å². The maximum atomic E-state index is 3.79. The Morgan fingerprint density at radius 1 is 0.419 bits per heavy atom. The fourth-order valence-corrected chi connectivity index (χ4v) is 6.85. The molecule has 0 aliphatic carbocycles. The number of fused-ring (bicyclic) bond motifs is 4. The van der Waals surface area contributed by atoms with Gasteiger partial charge in [0.1, 0.15) is 0 Å². The van der Waals surface area contributed by atoms with Crippen molar-refractivity contribution in [3.05, 3.63) is 168 Å². The molecule has 0 bridgehead atoms. The van der Waals surface area contributed by atoms with E-state index in [1.165, 1.54) is 43.7 Å². The standard InChI is InChI=1S/C40H27BrN2/c41-37-21-11-9-18-33(37)32-25-26-39(34-19-8-7-17-31(32)34)42(28-13-3-1-4-14-28)30-23-24-36-35-20-10-12-22-38(35)43(40(36)27-30)29-15-5-2-6-16-29/h1-27H. The highest BCUT2D eigenvalue weighted by atomic mass is 79.9. The summed E-state index contributed by atoms with van der Waals surface area (Å²) in [6.07, 6.45) is 0. The van der Waals surface area contributed by atoms with E-state index in [1.807, 2.05) is 0 Å². The maximum Gasteiger partial charge on any atom is 0.0561 e. The Hall–Kier alpha value is -5.12. The Balaban J connectivity index is 1.40. The van der Waals surface area contributed by atoms with Gasteiger partial charge in [0.15, 0.2) is 0 Å². The predicted molar refractivity (Wildman–Crippen MR) is 186 cm³/mol. The number of halogens is 1. The zero-order chi connectivity index (χ0) is 28.8. The first-order chi connectivity index (χ1) is 21.3. The van der Waals surface area contributed by atoms with E-state index in [0.717, 1.165) is 27.2 Å². The van der Waals surface area contributed by atoms with Gasteiger partial charge < -0.3 is 9.47 Å². The average molecular weight is 616 g/mol. The molecule has 43 heavy (non-hydrogen) atoms. The zero-order valence-electron chi connectivity index (χ0n) is 23.4. The van der Waals surface area contributed by atoms with Gasteiger partial charge in [-0.25, -0.2) is 0 Å². The van der Waals surface area contributed by atoms with Crippen molar-refractivity contribution in [1.82, 2.24) is 4.57 Å². The van der Waals surface area contributed by atoms with Gasteiger partial charge in [0.25, 0.3) is 0 Å². The van der Waals surface area contributed by atoms with Crippen LogP contribution in [-0.4, -0.2) is 4.57 Å². The van der Waals surface area contributed by atoms with Crippen LogP contribution in [0.5, 0.6) is 0 Å². The normalized spacial score (nSPS) is 11.4. The number of nitrogens with zero attached hydrogens (tertiary/aromatic N) is 2. The SMILES string of the molecule is Brc1ccccc1-c1ccc(N(c2ccccc2)c2ccc3c4ccccc4n(-c4ccccc4)c3c2)c2ccccc12. The van der Waals surface area contributed by atoms with Crippen LogP contribution in [0, 0.1) is 0 Å². The molecule has 8 aromatic rings. The molecule has 1 aromatic heterocycles. The summed E-state index contributed by atoms with van der Waals surface area (Å²) in [4.78, 5) is 2.39. The molecular weight excluding hydrogens is 588 g/mol. The van der Waals surface area contributed by atoms with Crippen LogP contribution < -0.4 is 4.90 Å². The second-order valence-corrected chi connectivity index (χ2v) is 11.6. The molecular formula is C40H27BrN2. The summed E-state index contributed by atoms with van der Waals surface area (Å²) in [6.45, 7) is 0. The van der Waals surface area contributed by atoms with E-state index in [1.54, 1.807) is 0 Å². The van der Waals surface area contributed by atoms with Gasteiger partial charge in [0.2, 0.25) is 0 Å². The minimum absolute atomic E-state index is 1.09. The monoisotopic (exact) mass is 614 g/mol. The molecule has 0 aliphatic heterocycles. The Morgan fingerprint density at radius 3 is 1.84 bits per heavy atom. The number of para-hydroxylation sites is 3. The van der Waals surface area contributed by atoms with E-state index in [0.29, 0.717) is 0 Å². The third-order valence-electron chi connectivity index (χ3n) is 8.25. The molecule has 1 heterocycles. The Bertz CT molecular complexity index is 2250. The topological polar surface area (TPSA) is 8.17 Å². The molecule has 0 atom stereocenters. The molecule has 0 saturated heterocycles. The molecule has 7 aromatic carbocycles. The second kappa shape index (κ2) is 10.6. The van der Waals surface area contributed by atoms with Gasteiger partial charge in [-0.15, -0.1) is 0 Å². The summed E-state index contributed by atoms with van der Waals surface area (Å²) in [6, 6.07) is 58.6. The van der Waals surface area contributed by atoms with Crippen molar-refractivity contribution in [1.29, 1.82) is 0 Å². The predicted octanol–water partition coefficient (Wildman–Crippen LogP) is 11.8. The molecule has 3 heteroatoms. The molecule has 0 unspecified atom stereocenters. The largest absolute Gasteiger partial charge is 0.310 e. The minimum atomic E-state index is 1.09. The summed E-state index contributed by atoms with van der Waals surface area (Å²) in [5, 5.41) is 4.91. The van der Waals surface area contributed by atoms with Crippen LogP contribution in [0.4, 0.5) is 17.1 Å². The van der Waals surface area contributed by atoms with Crippen LogP contribution >= 0.6 is 15.9 Å². The van der Waals surface area contributed by atoms with E-state index in [9.17, 15) is 0 Å². The number of hydrogen-bond donors (Lipinski definition) is 0. The Kier molecular flexibility index (Phi) is 6.31. The van der Waals surface area contributed by atoms with Crippen LogP contribution in [0.25, 0.3) is 49.4 Å². The lowest BCUT2D eigenvalue weighted by atomic mass is 9.96. The number of rotatable bonds is 5. The third-order valence-corrected chi connectivity index (χ3v) is 8.94. The molecule has 0 fully saturated rings. The molecule has 0 saturated carbocycles. The van der Waals surface area contributed by atoms with Crippen LogP contribution in [0.2, 0.25) is 0 Å². The molecule has 0 aliphatic rings. The van der Waals surface area contributed by atoms with E-state index < -0.39 is 0 Å². The van der Waals surface area contributed by atoms with Crippen LogP contribution in [0.3, 0.4) is 0 Å². The maximum absolute atomic E-state index is 3.79. The van der Waals surface area contributed by atoms with Crippen LogP contribution in [-0.2, 0) is 0 Å². The second-order valence-electron chi connectivity index (χ2n) is 10.7. The molecule has 204 valence electrons. The van der Waals surface area contributed by atoms with E-state index in [-0.39, 0.29) is 0 Å². The van der Waals surface area contributed by atoms with Crippen molar-refractivity contribution in [2.45, 2.75) is 0 Å². The van der Waals surface area contributed by atoms with Gasteiger partial charge in [0.05, 0.1) is 16.7 Å². The highest BCUT2D eigenvalue weighted by Crippen LogP contribution is 2.44. The fraction of sp³-hybridized carbons (Fsp3) is 0. The number of benzene rings is 7. The first-order valence-corrected chi connectivity index (χ1v) is 15.3. The lowest BCUT2D eigenvalue weighted by molar-refractivity contribution is 1.18. The van der Waals surface area contributed by atoms with Crippen molar-refractivity contribution >= 4 is 65.6 Å². The van der Waals surface area contributed by atoms with E-state index >= 15 is 0 Å². The van der Waals surface area contributed by atoms with Crippen LogP contribution in [0.1, 0.15) is 0 Å². The first kappa shape index (κ1) is 25.6. The minimum Gasteiger partial charge on any atom is -0.310 e. The highest BCUT2D eigenvalue weighted by Gasteiger charge is 2.20. The van der Waals surface area contributed by atoms with Gasteiger partial charge in [-0.1, -0.05) is 125 Å². The van der Waals surface area contributed by atoms with E-state index in [2.05, 4.69) is 189 Å². The molecule has 2 nitrogen and oxygen atoms in total. The summed E-state index contributed by atoms with van der Waals surface area (Å²) in [7, 11) is 0. The summed E-state index contributed by atoms with van der Waals surface area (Å²) < 4.78 is 3.47. The summed E-state index contributed by atoms with van der Waals surface area (Å²) >= 11 is 3.79. The van der Waals surface area contributed by atoms with Crippen molar-refractivity contribution in [3.8, 4) is 16.8 Å². The third kappa shape index (κ3) is 4.32. The van der Waals surface area contributed by atoms with Gasteiger partial charge in [-0.2, -0.15) is 0 Å². The molecule has 0 amide bonds. The number of aromatic nitrogens is 1. The van der Waals surface area contributed by atoms with Gasteiger partial charge in [0, 0.05) is 37.7 Å². The van der Waals surface area contributed by atoms with Crippen molar-refractivity contribution < 1.29 is 0 Å². The Morgan fingerprint density at radius 2 is 1.05 bits per heavy atom. The van der Waals surface area contributed by atoms with E-state index in [4.69, 9.17) is 0 Å². The fourth-order valence-electron chi connectivity index (χ4n) is 6.35. The summed E-state index contributed by atoms with van der Waals surface area (Å²) in [5.41, 5.74) is 9.29. The zero-order valence-corrected chi connectivity index (χ0v) is 24.9. The Labute approximate surface area is 259 Å². The van der Waals surface area contributed by atoms with Crippen molar-refractivity contribution in [2.24, 2.45) is 0 Å². The quantitative estimate of drug-likeness (QED) is 0.187. The highest BCUT2D eigenvalue weighted by molar-refractivity contribution is 9.10. The van der Waals surface area contributed by atoms with Crippen molar-refractivity contribution in [3.63, 3.8) is 0 Å². The molecule has 0 N–H and O–H groups in total. The number of hydrogen-bond acceptors (Lipinski definition) is 1. The number of anilines is 3. The molecule has 0 spiro atoms. The van der Waals surface area contributed by atoms with Gasteiger partial charge in [-0.3, -0.25) is 0 Å². The van der Waals surface area contributed by atoms with Gasteiger partial charge >= 0.3 is 0 Å². The first-order valence-electron chi connectivity index (χ1n) is 14.5.